The van der Waals surface area contributed by atoms with Crippen LogP contribution in [0.4, 0.5) is 0 Å². The van der Waals surface area contributed by atoms with E-state index >= 15 is 0 Å². The van der Waals surface area contributed by atoms with E-state index in [-0.39, 0.29) is 18.2 Å². The second-order valence-corrected chi connectivity index (χ2v) is 4.40. The number of ether oxygens (including phenoxy) is 2. The predicted octanol–water partition coefficient (Wildman–Crippen LogP) is 2.33. The van der Waals surface area contributed by atoms with Crippen molar-refractivity contribution in [2.24, 2.45) is 0 Å². The van der Waals surface area contributed by atoms with Crippen LogP contribution in [0.15, 0.2) is 30.3 Å². The molecule has 1 aliphatic rings. The van der Waals surface area contributed by atoms with Crippen molar-refractivity contribution in [3.05, 3.63) is 35.9 Å². The Kier molecular flexibility index (Phi) is 4.34. The summed E-state index contributed by atoms with van der Waals surface area (Å²) in [6.07, 6.45) is 2.92. The van der Waals surface area contributed by atoms with Crippen LogP contribution in [0.5, 0.6) is 0 Å². The van der Waals surface area contributed by atoms with Gasteiger partial charge in [0.25, 0.3) is 6.47 Å². The van der Waals surface area contributed by atoms with Gasteiger partial charge in [-0.25, -0.2) is 4.79 Å². The van der Waals surface area contributed by atoms with Gasteiger partial charge in [0.2, 0.25) is 0 Å². The fourth-order valence-corrected chi connectivity index (χ4v) is 2.16. The molecule has 1 aromatic carbocycles. The third-order valence-electron chi connectivity index (χ3n) is 3.15. The van der Waals surface area contributed by atoms with Crippen molar-refractivity contribution in [2.45, 2.75) is 37.9 Å². The van der Waals surface area contributed by atoms with Crippen LogP contribution < -0.4 is 0 Å². The van der Waals surface area contributed by atoms with Crippen LogP contribution in [0.3, 0.4) is 0 Å². The molecule has 0 aromatic heterocycles. The molecule has 0 bridgehead atoms. The predicted molar refractivity (Wildman–Crippen MR) is 65.1 cm³/mol. The summed E-state index contributed by atoms with van der Waals surface area (Å²) in [6, 6.07) is 8.96. The zero-order chi connectivity index (χ0) is 12.8. The van der Waals surface area contributed by atoms with Gasteiger partial charge < -0.3 is 9.47 Å². The van der Waals surface area contributed by atoms with Crippen molar-refractivity contribution in [3.8, 4) is 0 Å². The molecular weight excluding hydrogens is 232 g/mol. The monoisotopic (exact) mass is 248 g/mol. The standard InChI is InChI=1S/C14H16O4/c15-10-17-12-6-8-13(9-7-12)18-14(16)11-4-2-1-3-5-11/h1-5,10,12-13H,6-9H2. The highest BCUT2D eigenvalue weighted by Crippen LogP contribution is 2.23. The molecule has 4 nitrogen and oxygen atoms in total. The van der Waals surface area contributed by atoms with E-state index in [1.54, 1.807) is 12.1 Å². The molecule has 0 N–H and O–H groups in total. The van der Waals surface area contributed by atoms with E-state index in [1.165, 1.54) is 0 Å². The van der Waals surface area contributed by atoms with Gasteiger partial charge in [-0.2, -0.15) is 0 Å². The number of rotatable bonds is 4. The second kappa shape index (κ2) is 6.19. The number of hydrogen-bond donors (Lipinski definition) is 0. The summed E-state index contributed by atoms with van der Waals surface area (Å²) in [6.45, 7) is 0.487. The molecule has 0 amide bonds. The lowest BCUT2D eigenvalue weighted by Crippen LogP contribution is -2.28. The van der Waals surface area contributed by atoms with Crippen molar-refractivity contribution < 1.29 is 19.1 Å². The molecule has 4 heteroatoms. The fraction of sp³-hybridized carbons (Fsp3) is 0.429. The summed E-state index contributed by atoms with van der Waals surface area (Å²) in [5.74, 6) is -0.282. The van der Waals surface area contributed by atoms with Crippen molar-refractivity contribution in [1.29, 1.82) is 0 Å². The SMILES string of the molecule is O=COC1CCC(OC(=O)c2ccccc2)CC1. The van der Waals surface area contributed by atoms with Gasteiger partial charge in [0.05, 0.1) is 5.56 Å². The maximum atomic E-state index is 11.8. The minimum absolute atomic E-state index is 0.0193. The first kappa shape index (κ1) is 12.6. The highest BCUT2D eigenvalue weighted by molar-refractivity contribution is 5.89. The van der Waals surface area contributed by atoms with Crippen molar-refractivity contribution >= 4 is 12.4 Å². The third kappa shape index (κ3) is 3.32. The van der Waals surface area contributed by atoms with Crippen molar-refractivity contribution in [3.63, 3.8) is 0 Å². The molecule has 1 aliphatic carbocycles. The smallest absolute Gasteiger partial charge is 0.338 e. The minimum Gasteiger partial charge on any atom is -0.465 e. The molecule has 18 heavy (non-hydrogen) atoms. The highest BCUT2D eigenvalue weighted by atomic mass is 16.5. The van der Waals surface area contributed by atoms with E-state index < -0.39 is 0 Å². The molecule has 0 spiro atoms. The molecule has 0 atom stereocenters. The largest absolute Gasteiger partial charge is 0.465 e. The Morgan fingerprint density at radius 2 is 1.67 bits per heavy atom. The maximum absolute atomic E-state index is 11.8. The third-order valence-corrected chi connectivity index (χ3v) is 3.15. The number of carbonyl (C=O) groups is 2. The Bertz CT molecular complexity index is 394. The topological polar surface area (TPSA) is 52.6 Å². The number of esters is 1. The summed E-state index contributed by atoms with van der Waals surface area (Å²) < 4.78 is 10.3. The van der Waals surface area contributed by atoms with Gasteiger partial charge in [0.15, 0.2) is 0 Å². The number of hydrogen-bond acceptors (Lipinski definition) is 4. The molecule has 1 fully saturated rings. The van der Waals surface area contributed by atoms with E-state index in [9.17, 15) is 9.59 Å². The molecule has 0 aliphatic heterocycles. The Labute approximate surface area is 106 Å². The first-order chi connectivity index (χ1) is 8.79. The van der Waals surface area contributed by atoms with E-state index in [0.717, 1.165) is 25.7 Å². The first-order valence-corrected chi connectivity index (χ1v) is 6.14. The van der Waals surface area contributed by atoms with Gasteiger partial charge in [0, 0.05) is 0 Å². The van der Waals surface area contributed by atoms with Crippen LogP contribution in [0, 0.1) is 0 Å². The first-order valence-electron chi connectivity index (χ1n) is 6.14. The van der Waals surface area contributed by atoms with Crippen LogP contribution in [-0.2, 0) is 14.3 Å². The van der Waals surface area contributed by atoms with E-state index in [2.05, 4.69) is 0 Å². The van der Waals surface area contributed by atoms with Gasteiger partial charge in [-0.15, -0.1) is 0 Å². The molecule has 0 saturated heterocycles. The molecule has 2 rings (SSSR count). The average molecular weight is 248 g/mol. The Morgan fingerprint density at radius 3 is 2.28 bits per heavy atom. The van der Waals surface area contributed by atoms with Gasteiger partial charge in [-0.1, -0.05) is 18.2 Å². The van der Waals surface area contributed by atoms with Crippen molar-refractivity contribution in [1.82, 2.24) is 0 Å². The fourth-order valence-electron chi connectivity index (χ4n) is 2.16. The summed E-state index contributed by atoms with van der Waals surface area (Å²) in [5.41, 5.74) is 0.573. The molecule has 1 saturated carbocycles. The van der Waals surface area contributed by atoms with Gasteiger partial charge in [-0.05, 0) is 37.8 Å². The lowest BCUT2D eigenvalue weighted by molar-refractivity contribution is -0.136. The second-order valence-electron chi connectivity index (χ2n) is 4.40. The summed E-state index contributed by atoms with van der Waals surface area (Å²) in [4.78, 5) is 22.0. The Hall–Kier alpha value is -1.84. The minimum atomic E-state index is -0.282. The quantitative estimate of drug-likeness (QED) is 0.606. The van der Waals surface area contributed by atoms with Crippen LogP contribution in [0.2, 0.25) is 0 Å². The summed E-state index contributed by atoms with van der Waals surface area (Å²) in [7, 11) is 0. The molecule has 0 unspecified atom stereocenters. The Morgan fingerprint density at radius 1 is 1.06 bits per heavy atom. The lowest BCUT2D eigenvalue weighted by atomic mass is 9.95. The van der Waals surface area contributed by atoms with Gasteiger partial charge in [0.1, 0.15) is 12.2 Å². The van der Waals surface area contributed by atoms with Crippen molar-refractivity contribution in [2.75, 3.05) is 0 Å². The van der Waals surface area contributed by atoms with Crippen LogP contribution in [-0.4, -0.2) is 24.6 Å². The number of carbonyl (C=O) groups excluding carboxylic acids is 2. The molecule has 0 heterocycles. The van der Waals surface area contributed by atoms with Gasteiger partial charge >= 0.3 is 5.97 Å². The molecule has 96 valence electrons. The van der Waals surface area contributed by atoms with Crippen LogP contribution in [0.25, 0.3) is 0 Å². The van der Waals surface area contributed by atoms with E-state index in [0.29, 0.717) is 12.0 Å². The molecular formula is C14H16O4. The Balaban J connectivity index is 1.81. The lowest BCUT2D eigenvalue weighted by Gasteiger charge is -2.27. The highest BCUT2D eigenvalue weighted by Gasteiger charge is 2.24. The molecule has 1 aromatic rings. The molecule has 0 radical (unpaired) electrons. The summed E-state index contributed by atoms with van der Waals surface area (Å²) >= 11 is 0. The van der Waals surface area contributed by atoms with Crippen LogP contribution >= 0.6 is 0 Å². The maximum Gasteiger partial charge on any atom is 0.338 e. The number of benzene rings is 1. The van der Waals surface area contributed by atoms with Crippen LogP contribution in [0.1, 0.15) is 36.0 Å². The van der Waals surface area contributed by atoms with E-state index in [1.807, 2.05) is 18.2 Å². The summed E-state index contributed by atoms with van der Waals surface area (Å²) in [5, 5.41) is 0. The zero-order valence-corrected chi connectivity index (χ0v) is 10.1. The zero-order valence-electron chi connectivity index (χ0n) is 10.1. The van der Waals surface area contributed by atoms with Gasteiger partial charge in [-0.3, -0.25) is 4.79 Å². The average Bonchev–Trinajstić information content (AvgIpc) is 2.42. The normalized spacial score (nSPS) is 23.1. The van der Waals surface area contributed by atoms with E-state index in [4.69, 9.17) is 9.47 Å².